The predicted molar refractivity (Wildman–Crippen MR) is 86.9 cm³/mol. The Kier molecular flexibility index (Phi) is 5.71. The van der Waals surface area contributed by atoms with Gasteiger partial charge in [0.2, 0.25) is 10.0 Å². The lowest BCUT2D eigenvalue weighted by atomic mass is 10.0. The molecule has 0 spiro atoms. The van der Waals surface area contributed by atoms with Crippen LogP contribution in [0.5, 0.6) is 0 Å². The maximum Gasteiger partial charge on any atom is 0.211 e. The highest BCUT2D eigenvalue weighted by Gasteiger charge is 2.25. The first-order chi connectivity index (χ1) is 9.86. The molecule has 1 aromatic rings. The second-order valence-corrected chi connectivity index (χ2v) is 8.76. The standard InChI is InChI=1S/C15H23NO3S2/c1-12(17)14-5-7-15(8-6-14)20-11-13-4-3-9-16(10-13)21(2,18)19/h5-8,12-13,17H,3-4,9-11H2,1-2H3. The third-order valence-corrected chi connectivity index (χ3v) is 6.31. The van der Waals surface area contributed by atoms with E-state index in [2.05, 4.69) is 0 Å². The molecule has 4 nitrogen and oxygen atoms in total. The van der Waals surface area contributed by atoms with Crippen molar-refractivity contribution >= 4 is 21.8 Å². The van der Waals surface area contributed by atoms with Crippen LogP contribution in [0.15, 0.2) is 29.2 Å². The summed E-state index contributed by atoms with van der Waals surface area (Å²) in [6.07, 6.45) is 2.88. The monoisotopic (exact) mass is 329 g/mol. The number of nitrogens with zero attached hydrogens (tertiary/aromatic N) is 1. The van der Waals surface area contributed by atoms with Crippen LogP contribution in [0.25, 0.3) is 0 Å². The van der Waals surface area contributed by atoms with Crippen LogP contribution >= 0.6 is 11.8 Å². The van der Waals surface area contributed by atoms with Gasteiger partial charge in [0.15, 0.2) is 0 Å². The molecule has 118 valence electrons. The van der Waals surface area contributed by atoms with Crippen molar-refractivity contribution in [3.05, 3.63) is 29.8 Å². The largest absolute Gasteiger partial charge is 0.389 e. The SMILES string of the molecule is CC(O)c1ccc(SCC2CCCN(S(C)(=O)=O)C2)cc1. The molecular formula is C15H23NO3S2. The Balaban J connectivity index is 1.88. The number of rotatable bonds is 5. The molecule has 2 atom stereocenters. The Hall–Kier alpha value is -0.560. The van der Waals surface area contributed by atoms with E-state index in [0.717, 1.165) is 29.1 Å². The zero-order valence-electron chi connectivity index (χ0n) is 12.5. The Morgan fingerprint density at radius 2 is 2.05 bits per heavy atom. The minimum Gasteiger partial charge on any atom is -0.389 e. The lowest BCUT2D eigenvalue weighted by molar-refractivity contribution is 0.199. The quantitative estimate of drug-likeness (QED) is 0.843. The second kappa shape index (κ2) is 7.13. The summed E-state index contributed by atoms with van der Waals surface area (Å²) in [5.41, 5.74) is 0.917. The molecule has 0 aliphatic carbocycles. The molecule has 21 heavy (non-hydrogen) atoms. The molecule has 1 aromatic carbocycles. The van der Waals surface area contributed by atoms with Gasteiger partial charge in [0.1, 0.15) is 0 Å². The highest BCUT2D eigenvalue weighted by Crippen LogP contribution is 2.27. The molecule has 1 saturated heterocycles. The van der Waals surface area contributed by atoms with Gasteiger partial charge in [-0.05, 0) is 43.4 Å². The van der Waals surface area contributed by atoms with Crippen molar-refractivity contribution in [3.8, 4) is 0 Å². The van der Waals surface area contributed by atoms with E-state index in [-0.39, 0.29) is 0 Å². The molecule has 0 bridgehead atoms. The molecule has 0 saturated carbocycles. The fourth-order valence-electron chi connectivity index (χ4n) is 2.52. The third-order valence-electron chi connectivity index (χ3n) is 3.80. The number of benzene rings is 1. The molecule has 2 unspecified atom stereocenters. The van der Waals surface area contributed by atoms with Crippen molar-refractivity contribution < 1.29 is 13.5 Å². The molecule has 1 aliphatic heterocycles. The fraction of sp³-hybridized carbons (Fsp3) is 0.600. The second-order valence-electron chi connectivity index (χ2n) is 5.69. The number of sulfonamides is 1. The molecule has 1 aliphatic rings. The van der Waals surface area contributed by atoms with Crippen LogP contribution in [-0.4, -0.2) is 42.9 Å². The summed E-state index contributed by atoms with van der Waals surface area (Å²) >= 11 is 1.76. The maximum atomic E-state index is 11.6. The van der Waals surface area contributed by atoms with Crippen LogP contribution in [-0.2, 0) is 10.0 Å². The van der Waals surface area contributed by atoms with Crippen LogP contribution in [0.1, 0.15) is 31.4 Å². The summed E-state index contributed by atoms with van der Waals surface area (Å²) in [5, 5.41) is 9.48. The summed E-state index contributed by atoms with van der Waals surface area (Å²) < 4.78 is 24.8. The van der Waals surface area contributed by atoms with E-state index in [9.17, 15) is 13.5 Å². The van der Waals surface area contributed by atoms with Crippen molar-refractivity contribution in [2.75, 3.05) is 25.1 Å². The summed E-state index contributed by atoms with van der Waals surface area (Å²) in [6.45, 7) is 3.05. The van der Waals surface area contributed by atoms with Gasteiger partial charge in [-0.25, -0.2) is 12.7 Å². The van der Waals surface area contributed by atoms with Gasteiger partial charge < -0.3 is 5.11 Å². The smallest absolute Gasteiger partial charge is 0.211 e. The van der Waals surface area contributed by atoms with Crippen LogP contribution in [0.3, 0.4) is 0 Å². The summed E-state index contributed by atoms with van der Waals surface area (Å²) in [5.74, 6) is 1.34. The van der Waals surface area contributed by atoms with E-state index >= 15 is 0 Å². The number of piperidine rings is 1. The average molecular weight is 329 g/mol. The van der Waals surface area contributed by atoms with Gasteiger partial charge in [-0.2, -0.15) is 0 Å². The Morgan fingerprint density at radius 1 is 1.38 bits per heavy atom. The number of aliphatic hydroxyl groups excluding tert-OH is 1. The lowest BCUT2D eigenvalue weighted by Crippen LogP contribution is -2.39. The van der Waals surface area contributed by atoms with Crippen molar-refractivity contribution in [1.29, 1.82) is 0 Å². The van der Waals surface area contributed by atoms with Crippen molar-refractivity contribution in [1.82, 2.24) is 4.31 Å². The molecule has 0 amide bonds. The molecule has 1 fully saturated rings. The number of hydrogen-bond donors (Lipinski definition) is 1. The van der Waals surface area contributed by atoms with Crippen LogP contribution in [0, 0.1) is 5.92 Å². The van der Waals surface area contributed by atoms with Crippen LogP contribution in [0.4, 0.5) is 0 Å². The van der Waals surface area contributed by atoms with Gasteiger partial charge in [-0.1, -0.05) is 12.1 Å². The van der Waals surface area contributed by atoms with E-state index in [1.54, 1.807) is 23.0 Å². The predicted octanol–water partition coefficient (Wildman–Crippen LogP) is 2.50. The number of aliphatic hydroxyl groups is 1. The number of thioether (sulfide) groups is 1. The highest BCUT2D eigenvalue weighted by atomic mass is 32.2. The normalized spacial score (nSPS) is 22.1. The van der Waals surface area contributed by atoms with E-state index < -0.39 is 16.1 Å². The fourth-order valence-corrected chi connectivity index (χ4v) is 4.49. The van der Waals surface area contributed by atoms with Gasteiger partial charge >= 0.3 is 0 Å². The average Bonchev–Trinajstić information content (AvgIpc) is 2.45. The topological polar surface area (TPSA) is 57.6 Å². The van der Waals surface area contributed by atoms with E-state index in [4.69, 9.17) is 0 Å². The van der Waals surface area contributed by atoms with E-state index in [0.29, 0.717) is 19.0 Å². The first-order valence-corrected chi connectivity index (χ1v) is 10.1. The van der Waals surface area contributed by atoms with Gasteiger partial charge in [0.25, 0.3) is 0 Å². The van der Waals surface area contributed by atoms with Crippen molar-refractivity contribution in [3.63, 3.8) is 0 Å². The third kappa shape index (κ3) is 4.98. The first-order valence-electron chi connectivity index (χ1n) is 7.22. The van der Waals surface area contributed by atoms with Gasteiger partial charge in [-0.15, -0.1) is 11.8 Å². The zero-order chi connectivity index (χ0) is 15.5. The van der Waals surface area contributed by atoms with Gasteiger partial charge in [0, 0.05) is 23.7 Å². The van der Waals surface area contributed by atoms with Crippen LogP contribution < -0.4 is 0 Å². The summed E-state index contributed by atoms with van der Waals surface area (Å²) in [7, 11) is -3.06. The Morgan fingerprint density at radius 3 is 2.62 bits per heavy atom. The Labute approximate surface area is 131 Å². The Bertz CT molecular complexity index is 555. The van der Waals surface area contributed by atoms with Crippen molar-refractivity contribution in [2.24, 2.45) is 5.92 Å². The number of hydrogen-bond acceptors (Lipinski definition) is 4. The molecule has 6 heteroatoms. The first kappa shape index (κ1) is 16.8. The zero-order valence-corrected chi connectivity index (χ0v) is 14.2. The highest BCUT2D eigenvalue weighted by molar-refractivity contribution is 7.99. The van der Waals surface area contributed by atoms with E-state index in [1.807, 2.05) is 24.3 Å². The molecular weight excluding hydrogens is 306 g/mol. The molecule has 2 rings (SSSR count). The minimum atomic E-state index is -3.06. The summed E-state index contributed by atoms with van der Waals surface area (Å²) in [4.78, 5) is 1.16. The van der Waals surface area contributed by atoms with Gasteiger partial charge in [0.05, 0.1) is 12.4 Å². The molecule has 1 N–H and O–H groups in total. The maximum absolute atomic E-state index is 11.6. The van der Waals surface area contributed by atoms with Crippen molar-refractivity contribution in [2.45, 2.75) is 30.8 Å². The molecule has 0 radical (unpaired) electrons. The minimum absolute atomic E-state index is 0.412. The van der Waals surface area contributed by atoms with Crippen LogP contribution in [0.2, 0.25) is 0 Å². The lowest BCUT2D eigenvalue weighted by Gasteiger charge is -2.30. The molecule has 1 heterocycles. The van der Waals surface area contributed by atoms with Gasteiger partial charge in [-0.3, -0.25) is 0 Å². The molecule has 0 aromatic heterocycles. The van der Waals surface area contributed by atoms with E-state index in [1.165, 1.54) is 6.26 Å². The summed E-state index contributed by atoms with van der Waals surface area (Å²) in [6, 6.07) is 7.92.